The zero-order valence-electron chi connectivity index (χ0n) is 16.7. The standard InChI is InChI=1S/C22H20F3N5O/c1-29-12-28-17-7-15(16(8-20(17)29)22(23,24)25)14-3-2-6-30-18(14)4-5-19(30)21(31)27-11-13-9-26-10-13/h2-8,12-13,26H,9-11H2,1H3,(H,27,31). The quantitative estimate of drug-likeness (QED) is 0.524. The number of nitrogens with zero attached hydrogens (tertiary/aromatic N) is 3. The van der Waals surface area contributed by atoms with Crippen molar-refractivity contribution in [1.82, 2.24) is 24.6 Å². The first-order chi connectivity index (χ1) is 14.8. The summed E-state index contributed by atoms with van der Waals surface area (Å²) in [4.78, 5) is 16.9. The molecule has 0 unspecified atom stereocenters. The SMILES string of the molecule is Cn1cnc2cc(-c3cccn4c(C(=O)NCC5CNC5)ccc34)c(C(F)(F)F)cc21. The van der Waals surface area contributed by atoms with Crippen molar-refractivity contribution in [3.05, 3.63) is 60.2 Å². The van der Waals surface area contributed by atoms with Gasteiger partial charge < -0.3 is 19.6 Å². The second kappa shape index (κ2) is 7.12. The molecule has 0 radical (unpaired) electrons. The van der Waals surface area contributed by atoms with Crippen molar-refractivity contribution >= 4 is 22.5 Å². The number of rotatable bonds is 4. The number of aryl methyl sites for hydroxylation is 1. The third kappa shape index (κ3) is 3.34. The molecule has 9 heteroatoms. The van der Waals surface area contributed by atoms with Crippen molar-refractivity contribution < 1.29 is 18.0 Å². The molecule has 2 N–H and O–H groups in total. The molecule has 4 heterocycles. The van der Waals surface area contributed by atoms with Crippen LogP contribution in [0.1, 0.15) is 16.1 Å². The highest BCUT2D eigenvalue weighted by Crippen LogP contribution is 2.40. The number of benzene rings is 1. The Morgan fingerprint density at radius 3 is 2.71 bits per heavy atom. The Hall–Kier alpha value is -3.33. The van der Waals surface area contributed by atoms with Gasteiger partial charge in [0, 0.05) is 44.4 Å². The number of aromatic nitrogens is 3. The van der Waals surface area contributed by atoms with Crippen molar-refractivity contribution in [1.29, 1.82) is 0 Å². The largest absolute Gasteiger partial charge is 0.417 e. The minimum Gasteiger partial charge on any atom is -0.350 e. The smallest absolute Gasteiger partial charge is 0.350 e. The van der Waals surface area contributed by atoms with E-state index in [9.17, 15) is 18.0 Å². The van der Waals surface area contributed by atoms with Crippen LogP contribution in [0.15, 0.2) is 48.9 Å². The lowest BCUT2D eigenvalue weighted by molar-refractivity contribution is -0.137. The van der Waals surface area contributed by atoms with Crippen LogP contribution in [0.3, 0.4) is 0 Å². The molecule has 160 valence electrons. The molecule has 5 rings (SSSR count). The zero-order valence-corrected chi connectivity index (χ0v) is 16.7. The summed E-state index contributed by atoms with van der Waals surface area (Å²) in [5.74, 6) is 0.158. The van der Waals surface area contributed by atoms with Gasteiger partial charge in [0.05, 0.1) is 28.4 Å². The van der Waals surface area contributed by atoms with Crippen LogP contribution < -0.4 is 10.6 Å². The highest BCUT2D eigenvalue weighted by molar-refractivity contribution is 5.96. The number of halogens is 3. The number of alkyl halides is 3. The van der Waals surface area contributed by atoms with Crippen LogP contribution in [0.4, 0.5) is 13.2 Å². The van der Waals surface area contributed by atoms with E-state index in [0.717, 1.165) is 19.2 Å². The Morgan fingerprint density at radius 2 is 2.00 bits per heavy atom. The van der Waals surface area contributed by atoms with Crippen molar-refractivity contribution in [3.8, 4) is 11.1 Å². The molecule has 4 aromatic rings. The van der Waals surface area contributed by atoms with Gasteiger partial charge in [-0.25, -0.2) is 4.98 Å². The van der Waals surface area contributed by atoms with Gasteiger partial charge in [0.2, 0.25) is 0 Å². The van der Waals surface area contributed by atoms with E-state index in [0.29, 0.717) is 40.3 Å². The van der Waals surface area contributed by atoms with Gasteiger partial charge in [-0.15, -0.1) is 0 Å². The summed E-state index contributed by atoms with van der Waals surface area (Å²) in [6.07, 6.45) is -1.36. The molecule has 0 aliphatic carbocycles. The van der Waals surface area contributed by atoms with Crippen LogP contribution in [0.2, 0.25) is 0 Å². The Balaban J connectivity index is 1.61. The van der Waals surface area contributed by atoms with E-state index in [2.05, 4.69) is 15.6 Å². The molecule has 1 fully saturated rings. The molecule has 3 aromatic heterocycles. The van der Waals surface area contributed by atoms with Crippen LogP contribution in [0, 0.1) is 5.92 Å². The van der Waals surface area contributed by atoms with Crippen LogP contribution in [-0.2, 0) is 13.2 Å². The highest BCUT2D eigenvalue weighted by atomic mass is 19.4. The van der Waals surface area contributed by atoms with Crippen molar-refractivity contribution in [2.75, 3.05) is 19.6 Å². The third-order valence-electron chi connectivity index (χ3n) is 5.80. The number of amides is 1. The number of imidazole rings is 1. The Morgan fingerprint density at radius 1 is 1.19 bits per heavy atom. The summed E-state index contributed by atoms with van der Waals surface area (Å²) >= 11 is 0. The van der Waals surface area contributed by atoms with Gasteiger partial charge in [-0.3, -0.25) is 4.79 Å². The van der Waals surface area contributed by atoms with E-state index in [1.165, 1.54) is 12.4 Å². The number of carbonyl (C=O) groups is 1. The van der Waals surface area contributed by atoms with E-state index in [-0.39, 0.29) is 11.5 Å². The summed E-state index contributed by atoms with van der Waals surface area (Å²) in [7, 11) is 1.66. The number of nitrogens with one attached hydrogen (secondary N) is 2. The first-order valence-electron chi connectivity index (χ1n) is 9.94. The third-order valence-corrected chi connectivity index (χ3v) is 5.80. The van der Waals surface area contributed by atoms with E-state index in [4.69, 9.17) is 0 Å². The predicted molar refractivity (Wildman–Crippen MR) is 111 cm³/mol. The second-order valence-corrected chi connectivity index (χ2v) is 7.87. The van der Waals surface area contributed by atoms with Gasteiger partial charge in [-0.2, -0.15) is 13.2 Å². The molecule has 31 heavy (non-hydrogen) atoms. The monoisotopic (exact) mass is 427 g/mol. The van der Waals surface area contributed by atoms with Gasteiger partial charge in [0.25, 0.3) is 5.91 Å². The molecule has 1 amide bonds. The Bertz CT molecular complexity index is 1300. The molecule has 1 saturated heterocycles. The van der Waals surface area contributed by atoms with E-state index in [1.807, 2.05) is 0 Å². The minimum absolute atomic E-state index is 0.0369. The lowest BCUT2D eigenvalue weighted by Crippen LogP contribution is -2.48. The lowest BCUT2D eigenvalue weighted by Gasteiger charge is -2.27. The van der Waals surface area contributed by atoms with Crippen LogP contribution in [-0.4, -0.2) is 39.5 Å². The van der Waals surface area contributed by atoms with Crippen molar-refractivity contribution in [2.45, 2.75) is 6.18 Å². The molecule has 0 atom stereocenters. The molecule has 0 spiro atoms. The summed E-state index contributed by atoms with van der Waals surface area (Å²) < 4.78 is 45.0. The molecular formula is C22H20F3N5O. The first-order valence-corrected chi connectivity index (χ1v) is 9.94. The van der Waals surface area contributed by atoms with Crippen molar-refractivity contribution in [3.63, 3.8) is 0 Å². The summed E-state index contributed by atoms with van der Waals surface area (Å²) in [6.45, 7) is 2.30. The predicted octanol–water partition coefficient (Wildman–Crippen LogP) is 3.46. The van der Waals surface area contributed by atoms with Crippen LogP contribution >= 0.6 is 0 Å². The fourth-order valence-electron chi connectivity index (χ4n) is 4.00. The maximum atomic E-state index is 13.9. The Labute approximate surface area is 175 Å². The number of hydrogen-bond donors (Lipinski definition) is 2. The molecule has 0 saturated carbocycles. The summed E-state index contributed by atoms with van der Waals surface area (Å²) in [5.41, 5.74) is 1.49. The fraction of sp³-hybridized carbons (Fsp3) is 0.273. The normalized spacial score (nSPS) is 14.8. The maximum absolute atomic E-state index is 13.9. The summed E-state index contributed by atoms with van der Waals surface area (Å²) in [6, 6.07) is 9.19. The Kier molecular flexibility index (Phi) is 4.51. The lowest BCUT2D eigenvalue weighted by atomic mass is 9.98. The highest BCUT2D eigenvalue weighted by Gasteiger charge is 2.35. The van der Waals surface area contributed by atoms with Gasteiger partial charge in [0.15, 0.2) is 0 Å². The average Bonchev–Trinajstić information content (AvgIpc) is 3.28. The fourth-order valence-corrected chi connectivity index (χ4v) is 4.00. The maximum Gasteiger partial charge on any atom is 0.417 e. The van der Waals surface area contributed by atoms with E-state index in [1.54, 1.807) is 46.5 Å². The van der Waals surface area contributed by atoms with E-state index >= 15 is 0 Å². The minimum atomic E-state index is -4.54. The van der Waals surface area contributed by atoms with Gasteiger partial charge >= 0.3 is 6.18 Å². The summed E-state index contributed by atoms with van der Waals surface area (Å²) in [5, 5.41) is 6.06. The van der Waals surface area contributed by atoms with Gasteiger partial charge in [-0.05, 0) is 35.9 Å². The number of carbonyl (C=O) groups excluding carboxylic acids is 1. The molecule has 1 aliphatic heterocycles. The molecule has 0 bridgehead atoms. The first kappa shape index (κ1) is 19.6. The number of fused-ring (bicyclic) bond motifs is 2. The average molecular weight is 427 g/mol. The number of pyridine rings is 1. The van der Waals surface area contributed by atoms with E-state index < -0.39 is 11.7 Å². The molecule has 6 nitrogen and oxygen atoms in total. The zero-order chi connectivity index (χ0) is 21.8. The van der Waals surface area contributed by atoms with Gasteiger partial charge in [-0.1, -0.05) is 6.07 Å². The molecule has 1 aliphatic rings. The van der Waals surface area contributed by atoms with Crippen molar-refractivity contribution in [2.24, 2.45) is 13.0 Å². The van der Waals surface area contributed by atoms with Gasteiger partial charge in [0.1, 0.15) is 5.69 Å². The molecule has 1 aromatic carbocycles. The van der Waals surface area contributed by atoms with Crippen LogP contribution in [0.25, 0.3) is 27.7 Å². The second-order valence-electron chi connectivity index (χ2n) is 7.87. The topological polar surface area (TPSA) is 63.4 Å². The molecular weight excluding hydrogens is 407 g/mol. The number of hydrogen-bond acceptors (Lipinski definition) is 3. The van der Waals surface area contributed by atoms with Crippen LogP contribution in [0.5, 0.6) is 0 Å².